The fourth-order valence-corrected chi connectivity index (χ4v) is 6.72. The molecular weight excluding hydrogens is 756 g/mol. The van der Waals surface area contributed by atoms with Gasteiger partial charge in [-0.05, 0) is 49.7 Å². The Hall–Kier alpha value is -6.43. The van der Waals surface area contributed by atoms with Crippen molar-refractivity contribution in [3.63, 3.8) is 0 Å². The molecule has 0 amide bonds. The van der Waals surface area contributed by atoms with Crippen molar-refractivity contribution in [2.24, 2.45) is 11.6 Å². The number of halogens is 3. The number of nitrogens with zero attached hydrogens (tertiary/aromatic N) is 6. The summed E-state index contributed by atoms with van der Waals surface area (Å²) in [6.45, 7) is 3.62. The molecule has 17 heteroatoms. The number of hydrogen-bond acceptors (Lipinski definition) is 13. The number of ether oxygens (including phenoxy) is 4. The highest BCUT2D eigenvalue weighted by atomic mass is 19.1. The predicted octanol–water partition coefficient (Wildman–Crippen LogP) is 5.56. The van der Waals surface area contributed by atoms with Gasteiger partial charge in [0.1, 0.15) is 37.0 Å². The third kappa shape index (κ3) is 8.46. The second-order valence-corrected chi connectivity index (χ2v) is 13.6. The van der Waals surface area contributed by atoms with Gasteiger partial charge >= 0.3 is 0 Å². The molecule has 0 aliphatic carbocycles. The number of nitrogens with two attached hydrogens (primary N) is 2. The van der Waals surface area contributed by atoms with E-state index in [1.807, 2.05) is 30.3 Å². The summed E-state index contributed by atoms with van der Waals surface area (Å²) in [4.78, 5) is 28.2. The third-order valence-corrected chi connectivity index (χ3v) is 9.68. The second-order valence-electron chi connectivity index (χ2n) is 13.6. The molecular formula is C41H42F3N9O5. The van der Waals surface area contributed by atoms with Crippen LogP contribution in [-0.2, 0) is 9.47 Å². The summed E-state index contributed by atoms with van der Waals surface area (Å²) in [6, 6.07) is 14.9. The van der Waals surface area contributed by atoms with E-state index in [1.165, 1.54) is 35.1 Å². The molecule has 0 spiro atoms. The summed E-state index contributed by atoms with van der Waals surface area (Å²) >= 11 is 0. The number of nitrogens with one attached hydrogen (secondary N) is 1. The zero-order valence-electron chi connectivity index (χ0n) is 32.0. The number of fused-ring (bicyclic) bond motifs is 2. The van der Waals surface area contributed by atoms with E-state index in [9.17, 15) is 13.6 Å². The van der Waals surface area contributed by atoms with Gasteiger partial charge in [0.15, 0.2) is 34.2 Å². The molecule has 0 radical (unpaired) electrons. The molecule has 7 rings (SSSR count). The van der Waals surface area contributed by atoms with Gasteiger partial charge in [0.05, 0.1) is 41.5 Å². The monoisotopic (exact) mass is 797 g/mol. The van der Waals surface area contributed by atoms with Crippen LogP contribution in [0.4, 0.5) is 30.5 Å². The lowest BCUT2D eigenvalue weighted by Crippen LogP contribution is -2.39. The van der Waals surface area contributed by atoms with E-state index in [1.54, 1.807) is 31.4 Å². The molecule has 1 aliphatic heterocycles. The SMILES string of the molecule is COCCOc1cc2ncnc(Nc3cccc(/C(N)=C/N(N)C4CCN(c5nc6c(cc5F)c(=O)c(C)cn6-c5ccc(F)cc5F)C4)c3)c2cc1OCCOC. The second kappa shape index (κ2) is 17.4. The lowest BCUT2D eigenvalue weighted by Gasteiger charge is -2.24. The fraction of sp³-hybridized carbons (Fsp3) is 0.268. The summed E-state index contributed by atoms with van der Waals surface area (Å²) in [5.41, 5.74) is 8.75. The van der Waals surface area contributed by atoms with Crippen LogP contribution in [0.3, 0.4) is 0 Å². The van der Waals surface area contributed by atoms with Crippen molar-refractivity contribution in [1.29, 1.82) is 0 Å². The topological polar surface area (TPSA) is 168 Å². The van der Waals surface area contributed by atoms with Crippen LogP contribution >= 0.6 is 0 Å². The molecule has 1 unspecified atom stereocenters. The van der Waals surface area contributed by atoms with E-state index in [-0.39, 0.29) is 40.7 Å². The number of aromatic nitrogens is 4. The maximum absolute atomic E-state index is 15.7. The van der Waals surface area contributed by atoms with Gasteiger partial charge in [-0.1, -0.05) is 12.1 Å². The van der Waals surface area contributed by atoms with Crippen LogP contribution in [0.1, 0.15) is 17.5 Å². The van der Waals surface area contributed by atoms with Crippen molar-refractivity contribution in [1.82, 2.24) is 24.5 Å². The number of rotatable bonds is 15. The molecule has 4 heterocycles. The molecule has 6 aromatic rings. The van der Waals surface area contributed by atoms with Gasteiger partial charge in [-0.2, -0.15) is 0 Å². The summed E-state index contributed by atoms with van der Waals surface area (Å²) in [7, 11) is 3.19. The van der Waals surface area contributed by atoms with Gasteiger partial charge in [-0.25, -0.2) is 34.0 Å². The molecule has 1 aliphatic rings. The maximum Gasteiger partial charge on any atom is 0.194 e. The van der Waals surface area contributed by atoms with Crippen molar-refractivity contribution in [3.05, 3.63) is 118 Å². The number of pyridine rings is 2. The summed E-state index contributed by atoms with van der Waals surface area (Å²) in [5, 5.41) is 5.50. The van der Waals surface area contributed by atoms with Crippen LogP contribution in [0.15, 0.2) is 84.2 Å². The maximum atomic E-state index is 15.7. The molecule has 1 saturated heterocycles. The first-order valence-corrected chi connectivity index (χ1v) is 18.4. The molecule has 3 aromatic carbocycles. The first-order valence-electron chi connectivity index (χ1n) is 18.4. The average Bonchev–Trinajstić information content (AvgIpc) is 3.70. The van der Waals surface area contributed by atoms with Gasteiger partial charge in [-0.3, -0.25) is 9.36 Å². The van der Waals surface area contributed by atoms with Crippen LogP contribution in [0.5, 0.6) is 11.5 Å². The van der Waals surface area contributed by atoms with Crippen LogP contribution in [0, 0.1) is 24.4 Å². The highest BCUT2D eigenvalue weighted by Crippen LogP contribution is 2.35. The van der Waals surface area contributed by atoms with E-state index in [0.29, 0.717) is 84.6 Å². The van der Waals surface area contributed by atoms with Crippen LogP contribution in [-0.4, -0.2) is 84.3 Å². The van der Waals surface area contributed by atoms with Crippen molar-refractivity contribution in [3.8, 4) is 17.2 Å². The Bertz CT molecular complexity index is 2550. The molecule has 1 atom stereocenters. The molecule has 5 N–H and O–H groups in total. The van der Waals surface area contributed by atoms with E-state index >= 15 is 4.39 Å². The van der Waals surface area contributed by atoms with Crippen LogP contribution in [0.2, 0.25) is 0 Å². The molecule has 14 nitrogen and oxygen atoms in total. The highest BCUT2D eigenvalue weighted by molar-refractivity contribution is 5.93. The lowest BCUT2D eigenvalue weighted by molar-refractivity contribution is 0.132. The van der Waals surface area contributed by atoms with Crippen molar-refractivity contribution >= 4 is 45.0 Å². The Morgan fingerprint density at radius 1 is 0.948 bits per heavy atom. The quantitative estimate of drug-likeness (QED) is 0.0672. The Labute approximate surface area is 331 Å². The largest absolute Gasteiger partial charge is 0.487 e. The summed E-state index contributed by atoms with van der Waals surface area (Å²) in [5.74, 6) is 5.72. The zero-order valence-corrected chi connectivity index (χ0v) is 32.0. The molecule has 58 heavy (non-hydrogen) atoms. The Morgan fingerprint density at radius 2 is 1.71 bits per heavy atom. The van der Waals surface area contributed by atoms with Gasteiger partial charge in [0, 0.05) is 74.0 Å². The van der Waals surface area contributed by atoms with Gasteiger partial charge in [-0.15, -0.1) is 0 Å². The van der Waals surface area contributed by atoms with Crippen molar-refractivity contribution in [2.75, 3.05) is 64.0 Å². The molecule has 0 bridgehead atoms. The van der Waals surface area contributed by atoms with E-state index in [4.69, 9.17) is 30.5 Å². The molecule has 1 fully saturated rings. The normalized spacial score (nSPS) is 14.4. The van der Waals surface area contributed by atoms with Gasteiger partial charge < -0.3 is 39.9 Å². The summed E-state index contributed by atoms with van der Waals surface area (Å²) in [6.07, 6.45) is 5.01. The number of benzene rings is 3. The number of hydrazine groups is 1. The molecule has 0 saturated carbocycles. The zero-order chi connectivity index (χ0) is 40.9. The minimum atomic E-state index is -0.859. The standard InChI is InChI=1S/C41H42F3N9O5/c1-24-20-52(35-8-7-26(42)16-31(35)43)40-30(38(24)54)17-32(44)41(50-40)51-10-9-28(21-51)53(46)22-33(45)25-5-4-6-27(15-25)49-39-29-18-36(57-13-11-55-2)37(58-14-12-56-3)19-34(29)47-23-48-39/h4-8,15-20,22-23,28H,9-14,21,45-46H2,1-3H3,(H,47,48,49)/b33-22-. The van der Waals surface area contributed by atoms with Crippen LogP contribution in [0.25, 0.3) is 33.3 Å². The first kappa shape index (κ1) is 39.8. The van der Waals surface area contributed by atoms with Crippen molar-refractivity contribution < 1.29 is 32.1 Å². The molecule has 302 valence electrons. The predicted molar refractivity (Wildman–Crippen MR) is 215 cm³/mol. The Kier molecular flexibility index (Phi) is 11.9. The fourth-order valence-electron chi connectivity index (χ4n) is 6.72. The molecule has 3 aromatic heterocycles. The highest BCUT2D eigenvalue weighted by Gasteiger charge is 2.29. The van der Waals surface area contributed by atoms with Crippen LogP contribution < -0.4 is 36.7 Å². The van der Waals surface area contributed by atoms with Crippen molar-refractivity contribution in [2.45, 2.75) is 19.4 Å². The number of anilines is 3. The number of hydrogen-bond donors (Lipinski definition) is 3. The minimum absolute atomic E-state index is 0.0283. The van der Waals surface area contributed by atoms with Gasteiger partial charge in [0.25, 0.3) is 0 Å². The van der Waals surface area contributed by atoms with Gasteiger partial charge in [0.2, 0.25) is 0 Å². The van der Waals surface area contributed by atoms with E-state index in [2.05, 4.69) is 20.3 Å². The number of methoxy groups -OCH3 is 2. The first-order chi connectivity index (χ1) is 28.0. The Morgan fingerprint density at radius 3 is 2.45 bits per heavy atom. The average molecular weight is 798 g/mol. The lowest BCUT2D eigenvalue weighted by atomic mass is 10.1. The smallest absolute Gasteiger partial charge is 0.194 e. The van der Waals surface area contributed by atoms with E-state index in [0.717, 1.165) is 18.2 Å². The third-order valence-electron chi connectivity index (χ3n) is 9.68. The summed E-state index contributed by atoms with van der Waals surface area (Å²) < 4.78 is 67.8. The minimum Gasteiger partial charge on any atom is -0.487 e. The van der Waals surface area contributed by atoms with E-state index < -0.39 is 22.9 Å². The number of aryl methyl sites for hydroxylation is 1. The Balaban J connectivity index is 1.09.